The third kappa shape index (κ3) is 5.11. The molecule has 12 heteroatoms. The molecule has 170 valence electrons. The number of carbonyl (C=O) groups excluding carboxylic acids is 3. The molecule has 32 heavy (non-hydrogen) atoms. The predicted molar refractivity (Wildman–Crippen MR) is 110 cm³/mol. The number of rotatable bonds is 7. The number of halogens is 4. The van der Waals surface area contributed by atoms with Crippen molar-refractivity contribution < 1.29 is 32.3 Å². The molecule has 0 fully saturated rings. The Balaban J connectivity index is 1.54. The maximum Gasteiger partial charge on any atom is 0.573 e. The van der Waals surface area contributed by atoms with Crippen LogP contribution in [0.3, 0.4) is 0 Å². The number of nitrogens with two attached hydrogens (primary N) is 2. The zero-order valence-corrected chi connectivity index (χ0v) is 17.2. The van der Waals surface area contributed by atoms with E-state index >= 15 is 0 Å². The summed E-state index contributed by atoms with van der Waals surface area (Å²) in [7, 11) is 0. The van der Waals surface area contributed by atoms with Gasteiger partial charge in [-0.25, -0.2) is 5.84 Å². The van der Waals surface area contributed by atoms with Crippen LogP contribution in [0.4, 0.5) is 24.5 Å². The SMILES string of the molecule is Nc1cc(OC(F)(F)F)ccc1C(=O)N(N)CCCCN1C(=O)C(=O)c2cc(Cl)ccc21. The van der Waals surface area contributed by atoms with E-state index in [9.17, 15) is 27.6 Å². The number of fused-ring (bicyclic) bond motifs is 1. The van der Waals surface area contributed by atoms with E-state index in [4.69, 9.17) is 23.2 Å². The van der Waals surface area contributed by atoms with E-state index < -0.39 is 29.7 Å². The van der Waals surface area contributed by atoms with Crippen LogP contribution in [0.25, 0.3) is 0 Å². The lowest BCUT2D eigenvalue weighted by molar-refractivity contribution is -0.274. The Labute approximate surface area is 185 Å². The van der Waals surface area contributed by atoms with Crippen LogP contribution in [0, 0.1) is 0 Å². The molecule has 0 aliphatic carbocycles. The van der Waals surface area contributed by atoms with Crippen molar-refractivity contribution in [3.63, 3.8) is 0 Å². The van der Waals surface area contributed by atoms with Gasteiger partial charge in [0.15, 0.2) is 0 Å². The minimum Gasteiger partial charge on any atom is -0.406 e. The number of nitrogens with zero attached hydrogens (tertiary/aromatic N) is 2. The molecule has 8 nitrogen and oxygen atoms in total. The zero-order chi connectivity index (χ0) is 23.6. The van der Waals surface area contributed by atoms with Gasteiger partial charge in [0.1, 0.15) is 5.75 Å². The van der Waals surface area contributed by atoms with Gasteiger partial charge in [-0.3, -0.25) is 19.4 Å². The Bertz CT molecular complexity index is 1080. The summed E-state index contributed by atoms with van der Waals surface area (Å²) in [6.07, 6.45) is -4.07. The van der Waals surface area contributed by atoms with Gasteiger partial charge in [-0.05, 0) is 43.2 Å². The van der Waals surface area contributed by atoms with Crippen LogP contribution in [0.1, 0.15) is 33.6 Å². The molecule has 4 N–H and O–H groups in total. The smallest absolute Gasteiger partial charge is 0.406 e. The predicted octanol–water partition coefficient (Wildman–Crippen LogP) is 3.15. The monoisotopic (exact) mass is 470 g/mol. The Kier molecular flexibility index (Phi) is 6.60. The summed E-state index contributed by atoms with van der Waals surface area (Å²) in [6.45, 7) is 0.315. The molecular formula is C20H18ClF3N4O4. The molecule has 0 bridgehead atoms. The molecule has 0 aromatic heterocycles. The molecular weight excluding hydrogens is 453 g/mol. The van der Waals surface area contributed by atoms with E-state index in [2.05, 4.69) is 4.74 Å². The molecule has 0 saturated heterocycles. The molecule has 2 aromatic rings. The number of hydrazine groups is 1. The van der Waals surface area contributed by atoms with Crippen LogP contribution in [-0.4, -0.2) is 42.1 Å². The van der Waals surface area contributed by atoms with Gasteiger partial charge < -0.3 is 15.4 Å². The van der Waals surface area contributed by atoms with Gasteiger partial charge in [-0.15, -0.1) is 13.2 Å². The number of Topliss-reactive ketones (excluding diaryl/α,β-unsaturated/α-hetero) is 1. The van der Waals surface area contributed by atoms with Gasteiger partial charge in [-0.1, -0.05) is 11.6 Å². The van der Waals surface area contributed by atoms with Gasteiger partial charge in [0.05, 0.1) is 16.8 Å². The van der Waals surface area contributed by atoms with E-state index in [1.807, 2.05) is 0 Å². The number of carbonyl (C=O) groups is 3. The summed E-state index contributed by atoms with van der Waals surface area (Å²) < 4.78 is 40.6. The molecule has 0 spiro atoms. The standard InChI is InChI=1S/C20H18ClF3N4O4/c21-11-3-6-16-14(9-11)17(29)19(31)27(16)7-1-2-8-28(26)18(30)13-5-4-12(10-15(13)25)32-20(22,23)24/h3-6,9-10H,1-2,7-8,25-26H2. The van der Waals surface area contributed by atoms with Crippen molar-refractivity contribution in [3.8, 4) is 5.75 Å². The number of alkyl halides is 3. The highest BCUT2D eigenvalue weighted by atomic mass is 35.5. The highest BCUT2D eigenvalue weighted by Gasteiger charge is 2.35. The average molecular weight is 471 g/mol. The summed E-state index contributed by atoms with van der Waals surface area (Å²) in [4.78, 5) is 38.0. The number of amides is 2. The third-order valence-corrected chi connectivity index (χ3v) is 4.95. The van der Waals surface area contributed by atoms with E-state index in [-0.39, 0.29) is 29.9 Å². The summed E-state index contributed by atoms with van der Waals surface area (Å²) in [5, 5.41) is 1.22. The topological polar surface area (TPSA) is 119 Å². The summed E-state index contributed by atoms with van der Waals surface area (Å²) in [6, 6.07) is 7.55. The summed E-state index contributed by atoms with van der Waals surface area (Å²) >= 11 is 5.87. The van der Waals surface area contributed by atoms with Crippen molar-refractivity contribution in [2.45, 2.75) is 19.2 Å². The minimum atomic E-state index is -4.88. The molecule has 0 unspecified atom stereocenters. The van der Waals surface area contributed by atoms with Crippen molar-refractivity contribution in [2.75, 3.05) is 23.7 Å². The number of ether oxygens (including phenoxy) is 1. The second-order valence-corrected chi connectivity index (χ2v) is 7.39. The zero-order valence-electron chi connectivity index (χ0n) is 16.5. The first-order valence-electron chi connectivity index (χ1n) is 9.35. The maximum atomic E-state index is 12.4. The first-order chi connectivity index (χ1) is 15.0. The lowest BCUT2D eigenvalue weighted by Gasteiger charge is -2.20. The van der Waals surface area contributed by atoms with Crippen LogP contribution < -0.4 is 21.2 Å². The van der Waals surface area contributed by atoms with E-state index in [0.29, 0.717) is 23.6 Å². The quantitative estimate of drug-likeness (QED) is 0.160. The normalized spacial score (nSPS) is 13.3. The van der Waals surface area contributed by atoms with Gasteiger partial charge >= 0.3 is 6.36 Å². The second-order valence-electron chi connectivity index (χ2n) is 6.95. The highest BCUT2D eigenvalue weighted by molar-refractivity contribution is 6.52. The maximum absolute atomic E-state index is 12.4. The molecule has 1 aliphatic rings. The van der Waals surface area contributed by atoms with Crippen LogP contribution >= 0.6 is 11.6 Å². The first-order valence-corrected chi connectivity index (χ1v) is 9.73. The van der Waals surface area contributed by atoms with Crippen LogP contribution in [0.2, 0.25) is 5.02 Å². The Hall–Kier alpha value is -3.31. The molecule has 0 atom stereocenters. The molecule has 2 amide bonds. The first kappa shape index (κ1) is 23.4. The minimum absolute atomic E-state index is 0.0758. The van der Waals surface area contributed by atoms with Crippen molar-refractivity contribution in [1.29, 1.82) is 0 Å². The molecule has 2 aromatic carbocycles. The van der Waals surface area contributed by atoms with Crippen molar-refractivity contribution in [2.24, 2.45) is 5.84 Å². The average Bonchev–Trinajstić information content (AvgIpc) is 2.93. The third-order valence-electron chi connectivity index (χ3n) is 4.71. The Morgan fingerprint density at radius 1 is 1.12 bits per heavy atom. The number of hydrogen-bond donors (Lipinski definition) is 2. The molecule has 1 aliphatic heterocycles. The fraction of sp³-hybridized carbons (Fsp3) is 0.250. The number of unbranched alkanes of at least 4 members (excludes halogenated alkanes) is 1. The largest absolute Gasteiger partial charge is 0.573 e. The molecule has 0 saturated carbocycles. The van der Waals surface area contributed by atoms with Gasteiger partial charge in [0.2, 0.25) is 0 Å². The number of ketones is 1. The summed E-state index contributed by atoms with van der Waals surface area (Å²) in [5.41, 5.74) is 6.08. The fourth-order valence-electron chi connectivity index (χ4n) is 3.24. The van der Waals surface area contributed by atoms with Gasteiger partial charge in [0.25, 0.3) is 17.6 Å². The fourth-order valence-corrected chi connectivity index (χ4v) is 3.41. The van der Waals surface area contributed by atoms with Crippen molar-refractivity contribution in [3.05, 3.63) is 52.5 Å². The highest BCUT2D eigenvalue weighted by Crippen LogP contribution is 2.31. The van der Waals surface area contributed by atoms with Crippen molar-refractivity contribution >= 4 is 40.6 Å². The lowest BCUT2D eigenvalue weighted by Crippen LogP contribution is -2.39. The van der Waals surface area contributed by atoms with Crippen LogP contribution in [-0.2, 0) is 4.79 Å². The van der Waals surface area contributed by atoms with E-state index in [1.165, 1.54) is 11.0 Å². The van der Waals surface area contributed by atoms with E-state index in [1.54, 1.807) is 12.1 Å². The second kappa shape index (κ2) is 9.05. The number of benzene rings is 2. The van der Waals surface area contributed by atoms with E-state index in [0.717, 1.165) is 23.2 Å². The number of nitrogen functional groups attached to an aromatic ring is 1. The van der Waals surface area contributed by atoms with Crippen molar-refractivity contribution in [1.82, 2.24) is 5.01 Å². The molecule has 0 radical (unpaired) electrons. The van der Waals surface area contributed by atoms with Crippen LogP contribution in [0.15, 0.2) is 36.4 Å². The molecule has 1 heterocycles. The van der Waals surface area contributed by atoms with Gasteiger partial charge in [-0.2, -0.15) is 0 Å². The number of anilines is 2. The van der Waals surface area contributed by atoms with Gasteiger partial charge in [0, 0.05) is 29.9 Å². The Morgan fingerprint density at radius 3 is 2.50 bits per heavy atom. The number of hydrogen-bond acceptors (Lipinski definition) is 6. The van der Waals surface area contributed by atoms with Crippen LogP contribution in [0.5, 0.6) is 5.75 Å². The Morgan fingerprint density at radius 2 is 1.84 bits per heavy atom. The lowest BCUT2D eigenvalue weighted by atomic mass is 10.1. The molecule has 3 rings (SSSR count). The summed E-state index contributed by atoms with van der Waals surface area (Å²) in [5.74, 6) is 3.23.